The topological polar surface area (TPSA) is 55.1 Å². The van der Waals surface area contributed by atoms with E-state index < -0.39 is 0 Å². The minimum absolute atomic E-state index is 0.299. The van der Waals surface area contributed by atoms with Gasteiger partial charge in [0.15, 0.2) is 0 Å². The van der Waals surface area contributed by atoms with Gasteiger partial charge in [-0.25, -0.2) is 0 Å². The molecule has 0 spiro atoms. The lowest BCUT2D eigenvalue weighted by Gasteiger charge is -2.26. The van der Waals surface area contributed by atoms with Crippen molar-refractivity contribution in [3.05, 3.63) is 35.9 Å². The van der Waals surface area contributed by atoms with E-state index in [-0.39, 0.29) is 11.9 Å². The van der Waals surface area contributed by atoms with Crippen LogP contribution in [-0.2, 0) is 4.79 Å². The van der Waals surface area contributed by atoms with Gasteiger partial charge in [0, 0.05) is 11.8 Å². The largest absolute Gasteiger partial charge is 0.368 e. The van der Waals surface area contributed by atoms with Crippen LogP contribution in [0.2, 0.25) is 0 Å². The van der Waals surface area contributed by atoms with Crippen molar-refractivity contribution in [2.75, 3.05) is 11.5 Å². The molecule has 1 saturated heterocycles. The van der Waals surface area contributed by atoms with E-state index in [4.69, 9.17) is 5.73 Å². The van der Waals surface area contributed by atoms with Crippen LogP contribution in [0.1, 0.15) is 24.4 Å². The van der Waals surface area contributed by atoms with Gasteiger partial charge in [0.05, 0.1) is 0 Å². The van der Waals surface area contributed by atoms with Gasteiger partial charge >= 0.3 is 0 Å². The second-order valence-electron chi connectivity index (χ2n) is 4.33. The molecule has 3 N–H and O–H groups in total. The molecule has 4 heteroatoms. The summed E-state index contributed by atoms with van der Waals surface area (Å²) in [5.41, 5.74) is 6.43. The van der Waals surface area contributed by atoms with Crippen molar-refractivity contribution in [2.24, 2.45) is 5.73 Å². The third kappa shape index (κ3) is 3.48. The molecule has 1 aliphatic heterocycles. The Bertz CT molecular complexity index is 363. The first-order valence-corrected chi connectivity index (χ1v) is 7.11. The number of thioether (sulfide) groups is 1. The molecular formula is C13H18N2OS. The fraction of sp³-hybridized carbons (Fsp3) is 0.462. The average molecular weight is 250 g/mol. The molecule has 0 unspecified atom stereocenters. The summed E-state index contributed by atoms with van der Waals surface area (Å²) >= 11 is 1.94. The molecule has 0 radical (unpaired) electrons. The van der Waals surface area contributed by atoms with E-state index >= 15 is 0 Å². The van der Waals surface area contributed by atoms with Crippen LogP contribution in [0.25, 0.3) is 0 Å². The van der Waals surface area contributed by atoms with E-state index in [0.717, 1.165) is 17.7 Å². The highest BCUT2D eigenvalue weighted by Gasteiger charge is 2.22. The molecule has 1 heterocycles. The van der Waals surface area contributed by atoms with Gasteiger partial charge in [0.1, 0.15) is 6.04 Å². The number of primary amides is 1. The molecule has 2 rings (SSSR count). The first-order valence-electron chi connectivity index (χ1n) is 5.95. The molecule has 0 bridgehead atoms. The van der Waals surface area contributed by atoms with Crippen LogP contribution in [0.5, 0.6) is 0 Å². The Hall–Kier alpha value is -1.00. The molecule has 1 aliphatic rings. The van der Waals surface area contributed by atoms with Crippen molar-refractivity contribution < 1.29 is 4.79 Å². The molecule has 1 aromatic rings. The second-order valence-corrected chi connectivity index (χ2v) is 5.48. The molecule has 2 atom stereocenters. The van der Waals surface area contributed by atoms with E-state index in [9.17, 15) is 4.79 Å². The molecule has 0 aliphatic carbocycles. The third-order valence-corrected chi connectivity index (χ3v) is 4.20. The average Bonchev–Trinajstić information content (AvgIpc) is 2.38. The van der Waals surface area contributed by atoms with Crippen LogP contribution in [0.15, 0.2) is 30.3 Å². The Balaban J connectivity index is 2.05. The lowest BCUT2D eigenvalue weighted by atomic mass is 10.0. The van der Waals surface area contributed by atoms with Crippen LogP contribution in [0.3, 0.4) is 0 Å². The van der Waals surface area contributed by atoms with Crippen molar-refractivity contribution in [1.82, 2.24) is 5.32 Å². The third-order valence-electron chi connectivity index (χ3n) is 2.98. The molecular weight excluding hydrogens is 232 g/mol. The second kappa shape index (κ2) is 6.07. The fourth-order valence-corrected chi connectivity index (χ4v) is 3.18. The number of carbonyl (C=O) groups is 1. The Morgan fingerprint density at radius 2 is 2.18 bits per heavy atom. The summed E-state index contributed by atoms with van der Waals surface area (Å²) in [6.45, 7) is 0. The van der Waals surface area contributed by atoms with E-state index in [1.165, 1.54) is 12.2 Å². The number of nitrogens with two attached hydrogens (primary N) is 1. The highest BCUT2D eigenvalue weighted by Crippen LogP contribution is 2.20. The standard InChI is InChI=1S/C13H18N2OS/c14-13(16)12(10-5-2-1-3-6-10)15-11-7-4-8-17-9-11/h1-3,5-6,11-12,15H,4,7-9H2,(H2,14,16)/t11-,12+/m1/s1. The Kier molecular flexibility index (Phi) is 4.45. The number of carbonyl (C=O) groups excluding carboxylic acids is 1. The lowest BCUT2D eigenvalue weighted by molar-refractivity contribution is -0.120. The van der Waals surface area contributed by atoms with Gasteiger partial charge in [0.25, 0.3) is 0 Å². The summed E-state index contributed by atoms with van der Waals surface area (Å²) in [6, 6.07) is 9.73. The quantitative estimate of drug-likeness (QED) is 0.855. The molecule has 1 aromatic carbocycles. The van der Waals surface area contributed by atoms with E-state index in [2.05, 4.69) is 5.32 Å². The minimum Gasteiger partial charge on any atom is -0.368 e. The van der Waals surface area contributed by atoms with Crippen molar-refractivity contribution >= 4 is 17.7 Å². The summed E-state index contributed by atoms with van der Waals surface area (Å²) in [5.74, 6) is 1.99. The van der Waals surface area contributed by atoms with Gasteiger partial charge in [-0.15, -0.1) is 0 Å². The Morgan fingerprint density at radius 3 is 2.76 bits per heavy atom. The molecule has 92 valence electrons. The molecule has 0 aromatic heterocycles. The number of benzene rings is 1. The Morgan fingerprint density at radius 1 is 1.41 bits per heavy atom. The highest BCUT2D eigenvalue weighted by atomic mass is 32.2. The smallest absolute Gasteiger partial charge is 0.239 e. The number of nitrogens with one attached hydrogen (secondary N) is 1. The van der Waals surface area contributed by atoms with Crippen molar-refractivity contribution in [1.29, 1.82) is 0 Å². The zero-order valence-electron chi connectivity index (χ0n) is 9.76. The number of hydrogen-bond donors (Lipinski definition) is 2. The van der Waals surface area contributed by atoms with Gasteiger partial charge in [-0.05, 0) is 24.2 Å². The van der Waals surface area contributed by atoms with Crippen molar-refractivity contribution in [3.63, 3.8) is 0 Å². The monoisotopic (exact) mass is 250 g/mol. The fourth-order valence-electron chi connectivity index (χ4n) is 2.10. The molecule has 17 heavy (non-hydrogen) atoms. The van der Waals surface area contributed by atoms with E-state index in [1.54, 1.807) is 0 Å². The maximum Gasteiger partial charge on any atom is 0.239 e. The lowest BCUT2D eigenvalue weighted by Crippen LogP contribution is -2.42. The van der Waals surface area contributed by atoms with Crippen LogP contribution in [0.4, 0.5) is 0 Å². The maximum atomic E-state index is 11.5. The van der Waals surface area contributed by atoms with E-state index in [0.29, 0.717) is 6.04 Å². The normalized spacial score (nSPS) is 22.0. The molecule has 0 saturated carbocycles. The van der Waals surface area contributed by atoms with Crippen molar-refractivity contribution in [3.8, 4) is 0 Å². The highest BCUT2D eigenvalue weighted by molar-refractivity contribution is 7.99. The number of rotatable bonds is 4. The summed E-state index contributed by atoms with van der Waals surface area (Å²) in [4.78, 5) is 11.5. The maximum absolute atomic E-state index is 11.5. The summed E-state index contributed by atoms with van der Waals surface area (Å²) < 4.78 is 0. The first-order chi connectivity index (χ1) is 8.27. The van der Waals surface area contributed by atoms with Crippen LogP contribution in [-0.4, -0.2) is 23.5 Å². The van der Waals surface area contributed by atoms with Gasteiger partial charge < -0.3 is 5.73 Å². The van der Waals surface area contributed by atoms with E-state index in [1.807, 2.05) is 42.1 Å². The zero-order chi connectivity index (χ0) is 12.1. The van der Waals surface area contributed by atoms with Gasteiger partial charge in [0.2, 0.25) is 5.91 Å². The molecule has 1 fully saturated rings. The van der Waals surface area contributed by atoms with Crippen LogP contribution >= 0.6 is 11.8 Å². The predicted octanol–water partition coefficient (Wildman–Crippen LogP) is 1.70. The molecule has 1 amide bonds. The van der Waals surface area contributed by atoms with Crippen LogP contribution in [0, 0.1) is 0 Å². The Labute approximate surface area is 106 Å². The summed E-state index contributed by atoms with van der Waals surface area (Å²) in [5, 5.41) is 3.38. The first kappa shape index (κ1) is 12.5. The van der Waals surface area contributed by atoms with Gasteiger partial charge in [-0.1, -0.05) is 30.3 Å². The SMILES string of the molecule is NC(=O)[C@@H](N[C@@H]1CCCSC1)c1ccccc1. The minimum atomic E-state index is -0.361. The van der Waals surface area contributed by atoms with Gasteiger partial charge in [-0.3, -0.25) is 10.1 Å². The zero-order valence-corrected chi connectivity index (χ0v) is 10.6. The van der Waals surface area contributed by atoms with Gasteiger partial charge in [-0.2, -0.15) is 11.8 Å². The summed E-state index contributed by atoms with van der Waals surface area (Å²) in [6.07, 6.45) is 2.34. The number of hydrogen-bond acceptors (Lipinski definition) is 3. The van der Waals surface area contributed by atoms with Crippen molar-refractivity contribution in [2.45, 2.75) is 24.9 Å². The van der Waals surface area contributed by atoms with Crippen LogP contribution < -0.4 is 11.1 Å². The summed E-state index contributed by atoms with van der Waals surface area (Å²) in [7, 11) is 0. The molecule has 3 nitrogen and oxygen atoms in total. The predicted molar refractivity (Wildman–Crippen MR) is 71.9 cm³/mol. The number of amides is 1.